The van der Waals surface area contributed by atoms with Crippen LogP contribution < -0.4 is 15.6 Å². The molecule has 0 aromatic rings. The van der Waals surface area contributed by atoms with Crippen LogP contribution in [0.25, 0.3) is 0 Å². The Bertz CT molecular complexity index is 308. The van der Waals surface area contributed by atoms with Crippen molar-refractivity contribution in [2.75, 3.05) is 0 Å². The van der Waals surface area contributed by atoms with Crippen LogP contribution in [0.1, 0.15) is 12.8 Å². The van der Waals surface area contributed by atoms with E-state index in [0.717, 1.165) is 12.8 Å². The summed E-state index contributed by atoms with van der Waals surface area (Å²) in [5, 5.41) is 15.9. The highest BCUT2D eigenvalue weighted by molar-refractivity contribution is 7.87. The van der Waals surface area contributed by atoms with Gasteiger partial charge in [0.1, 0.15) is 0 Å². The summed E-state index contributed by atoms with van der Waals surface area (Å²) in [6.07, 6.45) is 1.70. The van der Waals surface area contributed by atoms with Gasteiger partial charge in [-0.2, -0.15) is 13.1 Å². The zero-order valence-corrected chi connectivity index (χ0v) is 7.66. The van der Waals surface area contributed by atoms with Crippen molar-refractivity contribution in [2.24, 2.45) is 21.9 Å². The molecule has 0 spiro atoms. The molecule has 1 saturated carbocycles. The summed E-state index contributed by atoms with van der Waals surface area (Å²) >= 11 is 0. The quantitative estimate of drug-likeness (QED) is 0.190. The molecule has 0 aliphatic heterocycles. The van der Waals surface area contributed by atoms with Gasteiger partial charge in [0.2, 0.25) is 0 Å². The van der Waals surface area contributed by atoms with Crippen LogP contribution in [0.4, 0.5) is 0 Å². The third-order valence-electron chi connectivity index (χ3n) is 1.82. The van der Waals surface area contributed by atoms with Gasteiger partial charge in [-0.15, -0.1) is 0 Å². The highest BCUT2D eigenvalue weighted by atomic mass is 32.2. The molecule has 0 saturated heterocycles. The summed E-state index contributed by atoms with van der Waals surface area (Å²) in [6.45, 7) is 0. The predicted molar refractivity (Wildman–Crippen MR) is 46.2 cm³/mol. The Morgan fingerprint density at radius 2 is 2.15 bits per heavy atom. The van der Waals surface area contributed by atoms with E-state index in [0.29, 0.717) is 0 Å². The zero-order chi connectivity index (χ0) is 10.1. The molecule has 1 aliphatic carbocycles. The van der Waals surface area contributed by atoms with Gasteiger partial charge >= 0.3 is 0 Å². The average molecular weight is 208 g/mol. The first-order valence-electron chi connectivity index (χ1n) is 3.71. The van der Waals surface area contributed by atoms with Gasteiger partial charge in [-0.25, -0.2) is 5.14 Å². The van der Waals surface area contributed by atoms with Crippen LogP contribution in [0, 0.1) is 5.92 Å². The summed E-state index contributed by atoms with van der Waals surface area (Å²) in [5.41, 5.74) is 5.28. The molecule has 6 N–H and O–H groups in total. The van der Waals surface area contributed by atoms with E-state index in [-0.39, 0.29) is 11.8 Å². The Labute approximate surface area is 76.0 Å². The van der Waals surface area contributed by atoms with Crippen molar-refractivity contribution in [1.29, 1.82) is 0 Å². The monoisotopic (exact) mass is 208 g/mol. The smallest absolute Gasteiger partial charge is 0.275 e. The second-order valence-corrected chi connectivity index (χ2v) is 4.33. The van der Waals surface area contributed by atoms with Gasteiger partial charge in [0.25, 0.3) is 10.2 Å². The fourth-order valence-corrected chi connectivity index (χ4v) is 1.73. The molecule has 13 heavy (non-hydrogen) atoms. The third-order valence-corrected chi connectivity index (χ3v) is 2.40. The fraction of sp³-hybridized carbons (Fsp3) is 0.800. The van der Waals surface area contributed by atoms with Crippen molar-refractivity contribution in [1.82, 2.24) is 4.72 Å². The van der Waals surface area contributed by atoms with E-state index < -0.39 is 16.3 Å². The van der Waals surface area contributed by atoms with Crippen molar-refractivity contribution in [3.05, 3.63) is 0 Å². The number of nitrogens with one attached hydrogen (secondary N) is 1. The normalized spacial score (nSPS) is 21.5. The molecule has 1 atom stereocenters. The maximum absolute atomic E-state index is 10.7. The lowest BCUT2D eigenvalue weighted by Gasteiger charge is -2.13. The van der Waals surface area contributed by atoms with Crippen LogP contribution in [-0.4, -0.2) is 25.5 Å². The van der Waals surface area contributed by atoms with Gasteiger partial charge in [-0.05, 0) is 18.8 Å². The van der Waals surface area contributed by atoms with Gasteiger partial charge in [-0.1, -0.05) is 5.16 Å². The molecule has 8 heteroatoms. The minimum absolute atomic E-state index is 0.0919. The molecule has 1 aliphatic rings. The molecule has 0 heterocycles. The number of amidine groups is 1. The van der Waals surface area contributed by atoms with E-state index >= 15 is 0 Å². The van der Waals surface area contributed by atoms with Crippen LogP contribution >= 0.6 is 0 Å². The number of nitrogens with two attached hydrogens (primary N) is 2. The van der Waals surface area contributed by atoms with Crippen molar-refractivity contribution in [2.45, 2.75) is 18.9 Å². The minimum Gasteiger partial charge on any atom is -0.409 e. The molecular weight excluding hydrogens is 196 g/mol. The molecule has 0 amide bonds. The maximum Gasteiger partial charge on any atom is 0.275 e. The molecule has 0 bridgehead atoms. The van der Waals surface area contributed by atoms with Crippen molar-refractivity contribution < 1.29 is 13.6 Å². The molecule has 1 unspecified atom stereocenters. The van der Waals surface area contributed by atoms with E-state index in [1.807, 2.05) is 0 Å². The Morgan fingerprint density at radius 1 is 1.62 bits per heavy atom. The second kappa shape index (κ2) is 3.48. The molecule has 0 radical (unpaired) electrons. The Hall–Kier alpha value is -0.860. The van der Waals surface area contributed by atoms with Crippen LogP contribution in [0.3, 0.4) is 0 Å². The summed E-state index contributed by atoms with van der Waals surface area (Å²) in [7, 11) is -3.81. The van der Waals surface area contributed by atoms with Crippen LogP contribution in [0.15, 0.2) is 5.16 Å². The average Bonchev–Trinajstić information content (AvgIpc) is 2.79. The molecule has 0 aromatic heterocycles. The highest BCUT2D eigenvalue weighted by Gasteiger charge is 2.36. The third kappa shape index (κ3) is 3.17. The molecule has 76 valence electrons. The van der Waals surface area contributed by atoms with Gasteiger partial charge in [0.15, 0.2) is 5.84 Å². The van der Waals surface area contributed by atoms with Gasteiger partial charge in [0, 0.05) is 0 Å². The first-order valence-corrected chi connectivity index (χ1v) is 5.26. The number of oxime groups is 1. The maximum atomic E-state index is 10.7. The summed E-state index contributed by atoms with van der Waals surface area (Å²) in [6, 6.07) is -0.681. The Kier molecular flexibility index (Phi) is 2.74. The van der Waals surface area contributed by atoms with Crippen LogP contribution in [-0.2, 0) is 10.2 Å². The van der Waals surface area contributed by atoms with Crippen molar-refractivity contribution in [3.63, 3.8) is 0 Å². The van der Waals surface area contributed by atoms with E-state index in [9.17, 15) is 8.42 Å². The minimum atomic E-state index is -3.81. The lowest BCUT2D eigenvalue weighted by Crippen LogP contribution is -2.48. The van der Waals surface area contributed by atoms with E-state index in [1.54, 1.807) is 0 Å². The summed E-state index contributed by atoms with van der Waals surface area (Å²) in [5.74, 6) is -0.0641. The lowest BCUT2D eigenvalue weighted by molar-refractivity contribution is 0.314. The molecule has 1 fully saturated rings. The molecule has 7 nitrogen and oxygen atoms in total. The zero-order valence-electron chi connectivity index (χ0n) is 6.84. The fourth-order valence-electron chi connectivity index (χ4n) is 1.07. The standard InChI is InChI=1S/C5H12N4O3S/c6-5(8-10)4(3-1-2-3)9-13(7,11)12/h3-4,9-10H,1-2H2,(H2,6,8)(H2,7,11,12). The summed E-state index contributed by atoms with van der Waals surface area (Å²) in [4.78, 5) is 0. The number of hydrogen-bond donors (Lipinski definition) is 4. The Morgan fingerprint density at radius 3 is 2.46 bits per heavy atom. The van der Waals surface area contributed by atoms with E-state index in [4.69, 9.17) is 16.1 Å². The van der Waals surface area contributed by atoms with Crippen molar-refractivity contribution in [3.8, 4) is 0 Å². The molecular formula is C5H12N4O3S. The number of hydrogen-bond acceptors (Lipinski definition) is 4. The van der Waals surface area contributed by atoms with Gasteiger partial charge in [-0.3, -0.25) is 0 Å². The van der Waals surface area contributed by atoms with Crippen molar-refractivity contribution >= 4 is 16.0 Å². The number of nitrogens with zero attached hydrogens (tertiary/aromatic N) is 1. The largest absolute Gasteiger partial charge is 0.409 e. The number of rotatable bonds is 4. The van der Waals surface area contributed by atoms with Gasteiger partial charge < -0.3 is 10.9 Å². The first-order chi connectivity index (χ1) is 5.94. The predicted octanol–water partition coefficient (Wildman–Crippen LogP) is -1.70. The van der Waals surface area contributed by atoms with Crippen LogP contribution in [0.2, 0.25) is 0 Å². The van der Waals surface area contributed by atoms with Gasteiger partial charge in [0.05, 0.1) is 6.04 Å². The second-order valence-electron chi connectivity index (χ2n) is 3.00. The van der Waals surface area contributed by atoms with E-state index in [2.05, 4.69) is 9.88 Å². The Balaban J connectivity index is 2.69. The lowest BCUT2D eigenvalue weighted by atomic mass is 10.2. The van der Waals surface area contributed by atoms with Crippen LogP contribution in [0.5, 0.6) is 0 Å². The highest BCUT2D eigenvalue weighted by Crippen LogP contribution is 2.32. The van der Waals surface area contributed by atoms with E-state index in [1.165, 1.54) is 0 Å². The molecule has 0 aromatic carbocycles. The SMILES string of the molecule is NC(=NO)C(NS(N)(=O)=O)C1CC1. The first kappa shape index (κ1) is 10.2. The summed E-state index contributed by atoms with van der Waals surface area (Å²) < 4.78 is 23.4. The molecule has 1 rings (SSSR count). The topological polar surface area (TPSA) is 131 Å².